The first-order valence-corrected chi connectivity index (χ1v) is 6.75. The molecule has 0 fully saturated rings. The van der Waals surface area contributed by atoms with Gasteiger partial charge in [-0.05, 0) is 48.4 Å². The van der Waals surface area contributed by atoms with Crippen molar-refractivity contribution in [3.05, 3.63) is 63.6 Å². The summed E-state index contributed by atoms with van der Waals surface area (Å²) in [5.41, 5.74) is 9.27. The molecule has 2 aromatic rings. The zero-order valence-electron chi connectivity index (χ0n) is 10.6. The highest BCUT2D eigenvalue weighted by Crippen LogP contribution is 2.15. The average Bonchev–Trinajstić information content (AvgIpc) is 2.41. The summed E-state index contributed by atoms with van der Waals surface area (Å²) in [6.45, 7) is 2.43. The van der Waals surface area contributed by atoms with Gasteiger partial charge in [0.05, 0.1) is 0 Å². The van der Waals surface area contributed by atoms with Crippen LogP contribution >= 0.6 is 15.9 Å². The zero-order chi connectivity index (χ0) is 13.8. The lowest BCUT2D eigenvalue weighted by atomic mass is 10.1. The molecule has 0 unspecified atom stereocenters. The molecule has 3 nitrogen and oxygen atoms in total. The molecular formula is C15H15BrN2O. The van der Waals surface area contributed by atoms with E-state index in [0.717, 1.165) is 21.3 Å². The molecule has 1 amide bonds. The minimum Gasteiger partial charge on any atom is -0.399 e. The summed E-state index contributed by atoms with van der Waals surface area (Å²) in [6.07, 6.45) is 0. The number of hydrogen-bond acceptors (Lipinski definition) is 2. The Morgan fingerprint density at radius 3 is 2.58 bits per heavy atom. The van der Waals surface area contributed by atoms with Gasteiger partial charge in [-0.15, -0.1) is 0 Å². The van der Waals surface area contributed by atoms with Crippen molar-refractivity contribution in [3.8, 4) is 0 Å². The first-order chi connectivity index (χ1) is 9.08. The first-order valence-electron chi connectivity index (χ1n) is 5.95. The van der Waals surface area contributed by atoms with E-state index in [0.29, 0.717) is 12.1 Å². The molecular weight excluding hydrogens is 304 g/mol. The molecule has 0 heterocycles. The van der Waals surface area contributed by atoms with E-state index in [4.69, 9.17) is 5.73 Å². The predicted molar refractivity (Wildman–Crippen MR) is 80.9 cm³/mol. The minimum absolute atomic E-state index is 0.0886. The number of rotatable bonds is 3. The number of benzene rings is 2. The summed E-state index contributed by atoms with van der Waals surface area (Å²) in [7, 11) is 0. The molecule has 0 spiro atoms. The van der Waals surface area contributed by atoms with E-state index in [9.17, 15) is 4.79 Å². The Hall–Kier alpha value is -1.81. The molecule has 0 aliphatic heterocycles. The standard InChI is InChI=1S/C15H15BrN2O/c1-10-12(3-2-4-14(10)17)9-18-15(19)11-5-7-13(16)8-6-11/h2-8H,9,17H2,1H3,(H,18,19). The molecule has 98 valence electrons. The van der Waals surface area contributed by atoms with Gasteiger partial charge in [0.2, 0.25) is 0 Å². The fraction of sp³-hybridized carbons (Fsp3) is 0.133. The summed E-state index contributed by atoms with van der Waals surface area (Å²) >= 11 is 3.34. The number of amides is 1. The van der Waals surface area contributed by atoms with E-state index < -0.39 is 0 Å². The smallest absolute Gasteiger partial charge is 0.251 e. The fourth-order valence-electron chi connectivity index (χ4n) is 1.77. The molecule has 0 aliphatic rings. The average molecular weight is 319 g/mol. The largest absolute Gasteiger partial charge is 0.399 e. The van der Waals surface area contributed by atoms with Gasteiger partial charge in [-0.3, -0.25) is 4.79 Å². The molecule has 2 aromatic carbocycles. The Labute approximate surface area is 121 Å². The lowest BCUT2D eigenvalue weighted by Gasteiger charge is -2.10. The number of carbonyl (C=O) groups excluding carboxylic acids is 1. The summed E-state index contributed by atoms with van der Waals surface area (Å²) < 4.78 is 0.954. The number of anilines is 1. The highest BCUT2D eigenvalue weighted by atomic mass is 79.9. The second-order valence-electron chi connectivity index (χ2n) is 4.32. The summed E-state index contributed by atoms with van der Waals surface area (Å²) in [5, 5.41) is 2.89. The van der Waals surface area contributed by atoms with Crippen LogP contribution in [0.2, 0.25) is 0 Å². The van der Waals surface area contributed by atoms with Crippen molar-refractivity contribution < 1.29 is 4.79 Å². The number of carbonyl (C=O) groups is 1. The molecule has 0 aromatic heterocycles. The van der Waals surface area contributed by atoms with Crippen LogP contribution in [0.25, 0.3) is 0 Å². The lowest BCUT2D eigenvalue weighted by molar-refractivity contribution is 0.0951. The normalized spacial score (nSPS) is 10.2. The van der Waals surface area contributed by atoms with Gasteiger partial charge in [0.1, 0.15) is 0 Å². The molecule has 0 radical (unpaired) electrons. The van der Waals surface area contributed by atoms with E-state index in [1.54, 1.807) is 12.1 Å². The van der Waals surface area contributed by atoms with Crippen LogP contribution in [-0.4, -0.2) is 5.91 Å². The molecule has 0 atom stereocenters. The van der Waals surface area contributed by atoms with E-state index in [1.165, 1.54) is 0 Å². The van der Waals surface area contributed by atoms with Crippen molar-refractivity contribution >= 4 is 27.5 Å². The Balaban J connectivity index is 2.04. The third-order valence-electron chi connectivity index (χ3n) is 3.03. The van der Waals surface area contributed by atoms with Gasteiger partial charge < -0.3 is 11.1 Å². The number of nitrogens with two attached hydrogens (primary N) is 1. The van der Waals surface area contributed by atoms with Crippen molar-refractivity contribution in [1.82, 2.24) is 5.32 Å². The van der Waals surface area contributed by atoms with Crippen LogP contribution in [0, 0.1) is 6.92 Å². The molecule has 0 saturated heterocycles. The third kappa shape index (κ3) is 3.35. The third-order valence-corrected chi connectivity index (χ3v) is 3.56. The van der Waals surface area contributed by atoms with Gasteiger partial charge >= 0.3 is 0 Å². The van der Waals surface area contributed by atoms with E-state index in [-0.39, 0.29) is 5.91 Å². The highest BCUT2D eigenvalue weighted by Gasteiger charge is 2.06. The Kier molecular flexibility index (Phi) is 4.22. The molecule has 0 saturated carbocycles. The maximum absolute atomic E-state index is 12.0. The van der Waals surface area contributed by atoms with E-state index >= 15 is 0 Å². The molecule has 19 heavy (non-hydrogen) atoms. The molecule has 2 rings (SSSR count). The van der Waals surface area contributed by atoms with Gasteiger partial charge in [0.25, 0.3) is 5.91 Å². The van der Waals surface area contributed by atoms with Crippen LogP contribution in [0.4, 0.5) is 5.69 Å². The molecule has 4 heteroatoms. The van der Waals surface area contributed by atoms with Gasteiger partial charge in [-0.1, -0.05) is 28.1 Å². The summed E-state index contributed by atoms with van der Waals surface area (Å²) in [6, 6.07) is 13.0. The van der Waals surface area contributed by atoms with Crippen molar-refractivity contribution in [2.45, 2.75) is 13.5 Å². The minimum atomic E-state index is -0.0886. The number of halogens is 1. The van der Waals surface area contributed by atoms with Crippen LogP contribution in [0.3, 0.4) is 0 Å². The lowest BCUT2D eigenvalue weighted by Crippen LogP contribution is -2.23. The van der Waals surface area contributed by atoms with Crippen molar-refractivity contribution in [3.63, 3.8) is 0 Å². The summed E-state index contributed by atoms with van der Waals surface area (Å²) in [4.78, 5) is 12.0. The quantitative estimate of drug-likeness (QED) is 0.853. The molecule has 0 bridgehead atoms. The SMILES string of the molecule is Cc1c(N)cccc1CNC(=O)c1ccc(Br)cc1. The number of nitrogen functional groups attached to an aromatic ring is 1. The maximum atomic E-state index is 12.0. The van der Waals surface area contributed by atoms with E-state index in [1.807, 2.05) is 37.3 Å². The van der Waals surface area contributed by atoms with Gasteiger partial charge in [0, 0.05) is 22.3 Å². The van der Waals surface area contributed by atoms with E-state index in [2.05, 4.69) is 21.2 Å². The van der Waals surface area contributed by atoms with Crippen molar-refractivity contribution in [2.75, 3.05) is 5.73 Å². The Morgan fingerprint density at radius 2 is 1.89 bits per heavy atom. The second kappa shape index (κ2) is 5.89. The number of nitrogens with one attached hydrogen (secondary N) is 1. The Morgan fingerprint density at radius 1 is 1.21 bits per heavy atom. The first kappa shape index (κ1) is 13.6. The fourth-order valence-corrected chi connectivity index (χ4v) is 2.04. The highest BCUT2D eigenvalue weighted by molar-refractivity contribution is 9.10. The van der Waals surface area contributed by atoms with Crippen LogP contribution in [0.5, 0.6) is 0 Å². The van der Waals surface area contributed by atoms with Crippen LogP contribution in [0.1, 0.15) is 21.5 Å². The van der Waals surface area contributed by atoms with Crippen LogP contribution < -0.4 is 11.1 Å². The monoisotopic (exact) mass is 318 g/mol. The molecule has 0 aliphatic carbocycles. The summed E-state index contributed by atoms with van der Waals surface area (Å²) in [5.74, 6) is -0.0886. The van der Waals surface area contributed by atoms with Gasteiger partial charge in [0.15, 0.2) is 0 Å². The zero-order valence-corrected chi connectivity index (χ0v) is 12.2. The number of hydrogen-bond donors (Lipinski definition) is 2. The van der Waals surface area contributed by atoms with Crippen LogP contribution in [-0.2, 0) is 6.54 Å². The second-order valence-corrected chi connectivity index (χ2v) is 5.24. The predicted octanol–water partition coefficient (Wildman–Crippen LogP) is 3.27. The van der Waals surface area contributed by atoms with Gasteiger partial charge in [-0.2, -0.15) is 0 Å². The molecule has 3 N–H and O–H groups in total. The van der Waals surface area contributed by atoms with Crippen molar-refractivity contribution in [2.24, 2.45) is 0 Å². The maximum Gasteiger partial charge on any atom is 0.251 e. The van der Waals surface area contributed by atoms with Crippen molar-refractivity contribution in [1.29, 1.82) is 0 Å². The van der Waals surface area contributed by atoms with Gasteiger partial charge in [-0.25, -0.2) is 0 Å². The van der Waals surface area contributed by atoms with Crippen LogP contribution in [0.15, 0.2) is 46.9 Å². The Bertz CT molecular complexity index is 594. The topological polar surface area (TPSA) is 55.1 Å².